The van der Waals surface area contributed by atoms with Crippen molar-refractivity contribution in [3.8, 4) is 28.7 Å². The number of ether oxygens (including phenoxy) is 3. The second-order valence-electron chi connectivity index (χ2n) is 4.39. The third-order valence-corrected chi connectivity index (χ3v) is 3.23. The number of benzene rings is 2. The van der Waals surface area contributed by atoms with Crippen molar-refractivity contribution in [1.29, 1.82) is 0 Å². The first kappa shape index (κ1) is 13.3. The minimum atomic E-state index is 0.481. The lowest BCUT2D eigenvalue weighted by Crippen LogP contribution is -1.94. The van der Waals surface area contributed by atoms with Crippen molar-refractivity contribution in [3.63, 3.8) is 0 Å². The van der Waals surface area contributed by atoms with Crippen molar-refractivity contribution in [2.45, 2.75) is 0 Å². The van der Waals surface area contributed by atoms with Crippen LogP contribution in [0, 0.1) is 0 Å². The molecule has 3 aromatic rings. The van der Waals surface area contributed by atoms with Crippen LogP contribution in [-0.4, -0.2) is 26.3 Å². The average Bonchev–Trinajstić information content (AvgIpc) is 2.97. The maximum atomic E-state index is 5.78. The largest absolute Gasteiger partial charge is 0.496 e. The predicted molar refractivity (Wildman–Crippen MR) is 79.1 cm³/mol. The van der Waals surface area contributed by atoms with Gasteiger partial charge in [0.05, 0.1) is 26.9 Å². The Balaban J connectivity index is 2.20. The predicted octanol–water partition coefficient (Wildman–Crippen LogP) is 3.52. The van der Waals surface area contributed by atoms with Gasteiger partial charge in [-0.25, -0.2) is 4.98 Å². The van der Waals surface area contributed by atoms with Crippen molar-refractivity contribution in [3.05, 3.63) is 36.4 Å². The summed E-state index contributed by atoms with van der Waals surface area (Å²) in [6.07, 6.45) is 0. The summed E-state index contributed by atoms with van der Waals surface area (Å²) in [5.41, 5.74) is 2.24. The van der Waals surface area contributed by atoms with Gasteiger partial charge in [0.25, 0.3) is 0 Å². The number of hydrogen-bond donors (Lipinski definition) is 0. The normalized spacial score (nSPS) is 10.6. The van der Waals surface area contributed by atoms with Crippen LogP contribution in [0.15, 0.2) is 40.8 Å². The van der Waals surface area contributed by atoms with Crippen LogP contribution in [0.5, 0.6) is 17.2 Å². The Morgan fingerprint density at radius 3 is 2.19 bits per heavy atom. The highest BCUT2D eigenvalue weighted by molar-refractivity contribution is 5.78. The van der Waals surface area contributed by atoms with Crippen LogP contribution in [0.3, 0.4) is 0 Å². The molecule has 5 nitrogen and oxygen atoms in total. The molecule has 0 atom stereocenters. The minimum absolute atomic E-state index is 0.481. The third kappa shape index (κ3) is 2.27. The topological polar surface area (TPSA) is 53.7 Å². The number of fused-ring (bicyclic) bond motifs is 1. The number of hydrogen-bond acceptors (Lipinski definition) is 5. The zero-order chi connectivity index (χ0) is 14.8. The zero-order valence-corrected chi connectivity index (χ0v) is 12.0. The van der Waals surface area contributed by atoms with E-state index < -0.39 is 0 Å². The van der Waals surface area contributed by atoms with Gasteiger partial charge in [0.15, 0.2) is 17.1 Å². The Morgan fingerprint density at radius 2 is 1.52 bits per heavy atom. The molecule has 0 N–H and O–H groups in total. The van der Waals surface area contributed by atoms with E-state index in [1.54, 1.807) is 33.5 Å². The maximum absolute atomic E-state index is 5.78. The van der Waals surface area contributed by atoms with Crippen LogP contribution in [-0.2, 0) is 0 Å². The van der Waals surface area contributed by atoms with Crippen LogP contribution >= 0.6 is 0 Å². The molecular formula is C16H15NO4. The van der Waals surface area contributed by atoms with Crippen LogP contribution in [0.1, 0.15) is 0 Å². The molecule has 3 rings (SSSR count). The number of nitrogens with zero attached hydrogens (tertiary/aromatic N) is 1. The van der Waals surface area contributed by atoms with Gasteiger partial charge in [0.2, 0.25) is 5.89 Å². The molecule has 0 aliphatic heterocycles. The number of methoxy groups -OCH3 is 3. The summed E-state index contributed by atoms with van der Waals surface area (Å²) >= 11 is 0. The average molecular weight is 285 g/mol. The molecule has 0 spiro atoms. The number of para-hydroxylation sites is 2. The lowest BCUT2D eigenvalue weighted by Gasteiger charge is -2.12. The van der Waals surface area contributed by atoms with Gasteiger partial charge in [-0.3, -0.25) is 0 Å². The van der Waals surface area contributed by atoms with E-state index in [2.05, 4.69) is 4.98 Å². The minimum Gasteiger partial charge on any atom is -0.496 e. The molecule has 21 heavy (non-hydrogen) atoms. The van der Waals surface area contributed by atoms with Crippen molar-refractivity contribution in [2.75, 3.05) is 21.3 Å². The molecule has 5 heteroatoms. The van der Waals surface area contributed by atoms with E-state index in [9.17, 15) is 0 Å². The first-order chi connectivity index (χ1) is 10.3. The van der Waals surface area contributed by atoms with Gasteiger partial charge in [0, 0.05) is 12.1 Å². The number of rotatable bonds is 4. The summed E-state index contributed by atoms with van der Waals surface area (Å²) in [6, 6.07) is 11.1. The Morgan fingerprint density at radius 1 is 0.857 bits per heavy atom. The van der Waals surface area contributed by atoms with Gasteiger partial charge in [-0.15, -0.1) is 0 Å². The smallest absolute Gasteiger partial charge is 0.231 e. The first-order valence-electron chi connectivity index (χ1n) is 6.42. The molecule has 0 amide bonds. The Labute approximate surface area is 122 Å². The van der Waals surface area contributed by atoms with Gasteiger partial charge in [-0.2, -0.15) is 0 Å². The highest BCUT2D eigenvalue weighted by Gasteiger charge is 2.17. The molecule has 0 saturated carbocycles. The lowest BCUT2D eigenvalue weighted by atomic mass is 10.1. The highest BCUT2D eigenvalue weighted by atomic mass is 16.5. The molecule has 0 aliphatic carbocycles. The van der Waals surface area contributed by atoms with E-state index in [-0.39, 0.29) is 0 Å². The maximum Gasteiger partial charge on any atom is 0.231 e. The summed E-state index contributed by atoms with van der Waals surface area (Å²) in [5, 5.41) is 0. The van der Waals surface area contributed by atoms with E-state index in [1.165, 1.54) is 0 Å². The number of aromatic nitrogens is 1. The molecule has 1 aromatic heterocycles. The molecule has 0 unspecified atom stereocenters. The molecule has 0 fully saturated rings. The molecule has 0 aliphatic rings. The van der Waals surface area contributed by atoms with Crippen LogP contribution in [0.4, 0.5) is 0 Å². The fourth-order valence-electron chi connectivity index (χ4n) is 2.18. The van der Waals surface area contributed by atoms with E-state index in [4.69, 9.17) is 18.6 Å². The lowest BCUT2D eigenvalue weighted by molar-refractivity contribution is 0.349. The van der Waals surface area contributed by atoms with Gasteiger partial charge in [0.1, 0.15) is 11.3 Å². The van der Waals surface area contributed by atoms with E-state index in [1.807, 2.05) is 24.3 Å². The molecule has 0 bridgehead atoms. The standard InChI is InChI=1S/C16H15NO4/c1-18-13-9-15(20-3)14(19-2)8-10(13)16-17-11-6-4-5-7-12(11)21-16/h4-9H,1-3H3. The zero-order valence-electron chi connectivity index (χ0n) is 12.0. The second-order valence-corrected chi connectivity index (χ2v) is 4.39. The van der Waals surface area contributed by atoms with Gasteiger partial charge >= 0.3 is 0 Å². The van der Waals surface area contributed by atoms with Crippen LogP contribution < -0.4 is 14.2 Å². The van der Waals surface area contributed by atoms with Crippen LogP contribution in [0.2, 0.25) is 0 Å². The van der Waals surface area contributed by atoms with E-state index in [0.717, 1.165) is 11.1 Å². The van der Waals surface area contributed by atoms with Gasteiger partial charge in [-0.1, -0.05) is 12.1 Å². The van der Waals surface area contributed by atoms with Crippen molar-refractivity contribution >= 4 is 11.1 Å². The molecule has 1 heterocycles. The van der Waals surface area contributed by atoms with E-state index in [0.29, 0.717) is 28.7 Å². The Bertz CT molecular complexity index is 746. The van der Waals surface area contributed by atoms with Gasteiger partial charge in [-0.05, 0) is 12.1 Å². The van der Waals surface area contributed by atoms with Crippen molar-refractivity contribution < 1.29 is 18.6 Å². The fourth-order valence-corrected chi connectivity index (χ4v) is 2.18. The summed E-state index contributed by atoms with van der Waals surface area (Å²) in [4.78, 5) is 4.48. The van der Waals surface area contributed by atoms with Gasteiger partial charge < -0.3 is 18.6 Å². The monoisotopic (exact) mass is 285 g/mol. The summed E-state index contributed by atoms with van der Waals surface area (Å²) in [5.74, 6) is 2.28. The summed E-state index contributed by atoms with van der Waals surface area (Å²) < 4.78 is 21.8. The Hall–Kier alpha value is -2.69. The quantitative estimate of drug-likeness (QED) is 0.734. The molecular weight excluding hydrogens is 270 g/mol. The van der Waals surface area contributed by atoms with Crippen LogP contribution in [0.25, 0.3) is 22.6 Å². The molecule has 0 radical (unpaired) electrons. The molecule has 108 valence electrons. The second kappa shape index (κ2) is 5.36. The first-order valence-corrected chi connectivity index (χ1v) is 6.42. The van der Waals surface area contributed by atoms with Crippen molar-refractivity contribution in [2.24, 2.45) is 0 Å². The summed E-state index contributed by atoms with van der Waals surface area (Å²) in [7, 11) is 4.75. The Kier molecular flexibility index (Phi) is 3.39. The number of oxazole rings is 1. The molecule has 2 aromatic carbocycles. The third-order valence-electron chi connectivity index (χ3n) is 3.23. The fraction of sp³-hybridized carbons (Fsp3) is 0.188. The molecule has 0 saturated heterocycles. The highest BCUT2D eigenvalue weighted by Crippen LogP contribution is 2.40. The summed E-state index contributed by atoms with van der Waals surface area (Å²) in [6.45, 7) is 0. The van der Waals surface area contributed by atoms with E-state index >= 15 is 0 Å². The SMILES string of the molecule is COc1cc(OC)c(-c2nc3ccccc3o2)cc1OC. The van der Waals surface area contributed by atoms with Crippen molar-refractivity contribution in [1.82, 2.24) is 4.98 Å².